The second-order valence-electron chi connectivity index (χ2n) is 3.68. The van der Waals surface area contributed by atoms with Gasteiger partial charge in [0, 0.05) is 12.7 Å². The number of nitrogens with zero attached hydrogens (tertiary/aromatic N) is 2. The standard InChI is InChI=1S/C12H16N4O/c1-3-13-12-14-7-6-11(16-12)15-9(2)10-5-4-8-17-10/h4-9H,3H2,1-2H3,(H2,13,14,15,16). The van der Waals surface area contributed by atoms with E-state index in [2.05, 4.69) is 20.6 Å². The predicted molar refractivity (Wildman–Crippen MR) is 66.9 cm³/mol. The van der Waals surface area contributed by atoms with E-state index in [-0.39, 0.29) is 6.04 Å². The monoisotopic (exact) mass is 232 g/mol. The zero-order valence-electron chi connectivity index (χ0n) is 9.97. The number of aromatic nitrogens is 2. The second kappa shape index (κ2) is 5.34. The minimum absolute atomic E-state index is 0.0781. The number of rotatable bonds is 5. The molecule has 1 atom stereocenters. The van der Waals surface area contributed by atoms with Crippen LogP contribution in [0.3, 0.4) is 0 Å². The molecule has 0 aliphatic heterocycles. The van der Waals surface area contributed by atoms with Crippen molar-refractivity contribution in [1.29, 1.82) is 0 Å². The molecule has 0 saturated carbocycles. The molecule has 1 unspecified atom stereocenters. The van der Waals surface area contributed by atoms with Crippen molar-refractivity contribution in [1.82, 2.24) is 9.97 Å². The molecule has 0 amide bonds. The molecular weight excluding hydrogens is 216 g/mol. The lowest BCUT2D eigenvalue weighted by atomic mass is 10.2. The summed E-state index contributed by atoms with van der Waals surface area (Å²) in [5, 5.41) is 6.33. The zero-order valence-corrected chi connectivity index (χ0v) is 9.97. The van der Waals surface area contributed by atoms with E-state index in [1.54, 1.807) is 12.5 Å². The molecule has 2 aromatic heterocycles. The number of furan rings is 1. The molecule has 0 saturated heterocycles. The summed E-state index contributed by atoms with van der Waals surface area (Å²) in [7, 11) is 0. The maximum absolute atomic E-state index is 5.32. The maximum atomic E-state index is 5.32. The Morgan fingerprint density at radius 1 is 1.41 bits per heavy atom. The topological polar surface area (TPSA) is 63.0 Å². The van der Waals surface area contributed by atoms with Crippen molar-refractivity contribution in [3.8, 4) is 0 Å². The van der Waals surface area contributed by atoms with Gasteiger partial charge in [0.2, 0.25) is 5.95 Å². The molecular formula is C12H16N4O. The molecule has 0 aliphatic rings. The third-order valence-corrected chi connectivity index (χ3v) is 2.32. The van der Waals surface area contributed by atoms with Gasteiger partial charge < -0.3 is 15.1 Å². The minimum Gasteiger partial charge on any atom is -0.467 e. The lowest BCUT2D eigenvalue weighted by Crippen LogP contribution is -2.09. The highest BCUT2D eigenvalue weighted by molar-refractivity contribution is 5.40. The molecule has 0 spiro atoms. The summed E-state index contributed by atoms with van der Waals surface area (Å²) in [5.41, 5.74) is 0. The molecule has 0 radical (unpaired) electrons. The first-order chi connectivity index (χ1) is 8.29. The van der Waals surface area contributed by atoms with E-state index < -0.39 is 0 Å². The van der Waals surface area contributed by atoms with Crippen LogP contribution < -0.4 is 10.6 Å². The Morgan fingerprint density at radius 3 is 3.00 bits per heavy atom. The van der Waals surface area contributed by atoms with Crippen LogP contribution in [-0.2, 0) is 0 Å². The van der Waals surface area contributed by atoms with Gasteiger partial charge in [-0.25, -0.2) is 4.98 Å². The van der Waals surface area contributed by atoms with Crippen LogP contribution in [0.15, 0.2) is 35.1 Å². The first kappa shape index (κ1) is 11.4. The van der Waals surface area contributed by atoms with Crippen LogP contribution in [-0.4, -0.2) is 16.5 Å². The summed E-state index contributed by atoms with van der Waals surface area (Å²) in [6.07, 6.45) is 3.39. The third kappa shape index (κ3) is 2.96. The van der Waals surface area contributed by atoms with E-state index in [1.807, 2.05) is 32.0 Å². The van der Waals surface area contributed by atoms with Crippen LogP contribution in [0.4, 0.5) is 11.8 Å². The Labute approximate surface area is 100 Å². The van der Waals surface area contributed by atoms with Crippen LogP contribution in [0.5, 0.6) is 0 Å². The first-order valence-electron chi connectivity index (χ1n) is 5.66. The molecule has 5 heteroatoms. The Balaban J connectivity index is 2.05. The molecule has 2 aromatic rings. The van der Waals surface area contributed by atoms with Crippen LogP contribution >= 0.6 is 0 Å². The molecule has 0 fully saturated rings. The van der Waals surface area contributed by atoms with Gasteiger partial charge in [0.1, 0.15) is 11.6 Å². The number of hydrogen-bond acceptors (Lipinski definition) is 5. The maximum Gasteiger partial charge on any atom is 0.224 e. The van der Waals surface area contributed by atoms with E-state index in [1.165, 1.54) is 0 Å². The van der Waals surface area contributed by atoms with E-state index in [9.17, 15) is 0 Å². The quantitative estimate of drug-likeness (QED) is 0.829. The molecule has 0 aromatic carbocycles. The summed E-state index contributed by atoms with van der Waals surface area (Å²) in [5.74, 6) is 2.29. The molecule has 17 heavy (non-hydrogen) atoms. The van der Waals surface area contributed by atoms with Gasteiger partial charge in [-0.1, -0.05) is 0 Å². The van der Waals surface area contributed by atoms with Gasteiger partial charge in [-0.05, 0) is 32.0 Å². The average Bonchev–Trinajstić information content (AvgIpc) is 2.83. The van der Waals surface area contributed by atoms with Gasteiger partial charge in [0.05, 0.1) is 12.3 Å². The number of anilines is 2. The highest BCUT2D eigenvalue weighted by Crippen LogP contribution is 2.18. The smallest absolute Gasteiger partial charge is 0.224 e. The highest BCUT2D eigenvalue weighted by atomic mass is 16.3. The van der Waals surface area contributed by atoms with Gasteiger partial charge >= 0.3 is 0 Å². The van der Waals surface area contributed by atoms with Crippen molar-refractivity contribution in [2.75, 3.05) is 17.2 Å². The lowest BCUT2D eigenvalue weighted by Gasteiger charge is -2.12. The van der Waals surface area contributed by atoms with Crippen molar-refractivity contribution in [3.05, 3.63) is 36.4 Å². The highest BCUT2D eigenvalue weighted by Gasteiger charge is 2.08. The van der Waals surface area contributed by atoms with Gasteiger partial charge in [0.15, 0.2) is 0 Å². The molecule has 2 heterocycles. The number of nitrogens with one attached hydrogen (secondary N) is 2. The normalized spacial score (nSPS) is 12.1. The van der Waals surface area contributed by atoms with Crippen LogP contribution in [0.1, 0.15) is 25.6 Å². The summed E-state index contributed by atoms with van der Waals surface area (Å²) in [6, 6.07) is 5.72. The molecule has 2 N–H and O–H groups in total. The van der Waals surface area contributed by atoms with E-state index in [0.717, 1.165) is 18.1 Å². The van der Waals surface area contributed by atoms with Crippen LogP contribution in [0, 0.1) is 0 Å². The summed E-state index contributed by atoms with van der Waals surface area (Å²) >= 11 is 0. The van der Waals surface area contributed by atoms with Gasteiger partial charge in [-0.2, -0.15) is 4.98 Å². The Kier molecular flexibility index (Phi) is 3.59. The minimum atomic E-state index is 0.0781. The third-order valence-electron chi connectivity index (χ3n) is 2.32. The predicted octanol–water partition coefficient (Wildman–Crippen LogP) is 2.67. The summed E-state index contributed by atoms with van der Waals surface area (Å²) < 4.78 is 5.32. The van der Waals surface area contributed by atoms with Crippen molar-refractivity contribution in [3.63, 3.8) is 0 Å². The van der Waals surface area contributed by atoms with Crippen molar-refractivity contribution >= 4 is 11.8 Å². The zero-order chi connectivity index (χ0) is 12.1. The van der Waals surface area contributed by atoms with Crippen molar-refractivity contribution in [2.24, 2.45) is 0 Å². The van der Waals surface area contributed by atoms with Crippen LogP contribution in [0.2, 0.25) is 0 Å². The van der Waals surface area contributed by atoms with E-state index in [4.69, 9.17) is 4.42 Å². The largest absolute Gasteiger partial charge is 0.467 e. The summed E-state index contributed by atoms with van der Waals surface area (Å²) in [4.78, 5) is 8.45. The van der Waals surface area contributed by atoms with Gasteiger partial charge in [-0.15, -0.1) is 0 Å². The number of hydrogen-bond donors (Lipinski definition) is 2. The molecule has 2 rings (SSSR count). The van der Waals surface area contributed by atoms with E-state index in [0.29, 0.717) is 5.95 Å². The Hall–Kier alpha value is -2.04. The van der Waals surface area contributed by atoms with Crippen molar-refractivity contribution in [2.45, 2.75) is 19.9 Å². The second-order valence-corrected chi connectivity index (χ2v) is 3.68. The fourth-order valence-corrected chi connectivity index (χ4v) is 1.51. The van der Waals surface area contributed by atoms with Gasteiger partial charge in [-0.3, -0.25) is 0 Å². The first-order valence-corrected chi connectivity index (χ1v) is 5.66. The summed E-state index contributed by atoms with van der Waals surface area (Å²) in [6.45, 7) is 4.83. The Bertz CT molecular complexity index is 455. The van der Waals surface area contributed by atoms with Crippen molar-refractivity contribution < 1.29 is 4.42 Å². The van der Waals surface area contributed by atoms with E-state index >= 15 is 0 Å². The Morgan fingerprint density at radius 2 is 2.29 bits per heavy atom. The molecule has 0 bridgehead atoms. The fourth-order valence-electron chi connectivity index (χ4n) is 1.51. The molecule has 5 nitrogen and oxygen atoms in total. The SMILES string of the molecule is CCNc1nccc(NC(C)c2ccco2)n1. The fraction of sp³-hybridized carbons (Fsp3) is 0.333. The van der Waals surface area contributed by atoms with Gasteiger partial charge in [0.25, 0.3) is 0 Å². The molecule has 0 aliphatic carbocycles. The lowest BCUT2D eigenvalue weighted by molar-refractivity contribution is 0.490. The molecule has 90 valence electrons. The average molecular weight is 232 g/mol. The van der Waals surface area contributed by atoms with Crippen LogP contribution in [0.25, 0.3) is 0 Å².